The largest absolute Gasteiger partial charge is 0.297 e. The predicted octanol–water partition coefficient (Wildman–Crippen LogP) is 4.11. The van der Waals surface area contributed by atoms with Crippen molar-refractivity contribution < 1.29 is 4.39 Å². The molecule has 4 heterocycles. The van der Waals surface area contributed by atoms with E-state index < -0.39 is 0 Å². The van der Waals surface area contributed by atoms with E-state index >= 15 is 0 Å². The third kappa shape index (κ3) is 4.26. The number of hydrogen-bond acceptors (Lipinski definition) is 3. The van der Waals surface area contributed by atoms with Crippen molar-refractivity contribution in [2.24, 2.45) is 5.92 Å². The molecule has 1 aromatic heterocycles. The molecule has 3 saturated heterocycles. The van der Waals surface area contributed by atoms with E-state index in [2.05, 4.69) is 33.2 Å². The van der Waals surface area contributed by atoms with Crippen LogP contribution in [-0.4, -0.2) is 45.3 Å². The predicted molar refractivity (Wildman–Crippen MR) is 112 cm³/mol. The summed E-state index contributed by atoms with van der Waals surface area (Å²) in [7, 11) is 0. The van der Waals surface area contributed by atoms with Gasteiger partial charge in [-0.2, -0.15) is 5.10 Å². The average Bonchev–Trinajstić information content (AvgIpc) is 3.04. The smallest absolute Gasteiger partial charge is 0.123 e. The van der Waals surface area contributed by atoms with Gasteiger partial charge in [0.2, 0.25) is 0 Å². The molecule has 150 valence electrons. The average molecular weight is 391 g/mol. The first-order chi connectivity index (χ1) is 14.2. The van der Waals surface area contributed by atoms with Gasteiger partial charge in [0.15, 0.2) is 0 Å². The van der Waals surface area contributed by atoms with Gasteiger partial charge in [-0.05, 0) is 48.6 Å². The van der Waals surface area contributed by atoms with Gasteiger partial charge in [0.05, 0.1) is 11.9 Å². The molecule has 3 aliphatic heterocycles. The summed E-state index contributed by atoms with van der Waals surface area (Å²) >= 11 is 0. The van der Waals surface area contributed by atoms with Gasteiger partial charge in [-0.1, -0.05) is 30.3 Å². The van der Waals surface area contributed by atoms with Crippen LogP contribution >= 0.6 is 0 Å². The lowest BCUT2D eigenvalue weighted by Gasteiger charge is -2.35. The number of nitrogens with zero attached hydrogens (tertiary/aromatic N) is 4. The molecule has 0 radical (unpaired) electrons. The molecule has 3 aliphatic rings. The van der Waals surface area contributed by atoms with Crippen LogP contribution in [0.15, 0.2) is 67.0 Å². The van der Waals surface area contributed by atoms with Gasteiger partial charge >= 0.3 is 0 Å². The molecule has 2 bridgehead atoms. The van der Waals surface area contributed by atoms with Crippen molar-refractivity contribution in [3.63, 3.8) is 0 Å². The second-order valence-electron chi connectivity index (χ2n) is 8.48. The van der Waals surface area contributed by atoms with Crippen LogP contribution in [0.1, 0.15) is 24.0 Å². The summed E-state index contributed by atoms with van der Waals surface area (Å²) in [4.78, 5) is 5.20. The zero-order valence-electron chi connectivity index (χ0n) is 16.6. The molecule has 2 aromatic carbocycles. The molecule has 0 unspecified atom stereocenters. The Labute approximate surface area is 171 Å². The van der Waals surface area contributed by atoms with Crippen LogP contribution in [-0.2, 0) is 13.1 Å². The SMILES string of the molecule is Fc1ccc(CN2C[C@H]3CC[C@@H](C2)N(Cc2cnn(-c4ccccc4)c2)C3)cc1. The van der Waals surface area contributed by atoms with Gasteiger partial charge in [-0.3, -0.25) is 9.80 Å². The van der Waals surface area contributed by atoms with Crippen molar-refractivity contribution >= 4 is 0 Å². The summed E-state index contributed by atoms with van der Waals surface area (Å²) in [6.45, 7) is 5.24. The van der Waals surface area contributed by atoms with Crippen LogP contribution in [0.3, 0.4) is 0 Å². The van der Waals surface area contributed by atoms with Gasteiger partial charge in [-0.15, -0.1) is 0 Å². The molecule has 0 saturated carbocycles. The minimum atomic E-state index is -0.160. The number of piperidine rings is 1. The Bertz CT molecular complexity index is 937. The minimum Gasteiger partial charge on any atom is -0.297 e. The first kappa shape index (κ1) is 18.5. The van der Waals surface area contributed by atoms with Crippen molar-refractivity contribution in [1.82, 2.24) is 19.6 Å². The van der Waals surface area contributed by atoms with E-state index in [1.54, 1.807) is 12.1 Å². The summed E-state index contributed by atoms with van der Waals surface area (Å²) in [5.74, 6) is 0.547. The van der Waals surface area contributed by atoms with Crippen LogP contribution < -0.4 is 0 Å². The summed E-state index contributed by atoms with van der Waals surface area (Å²) in [6.07, 6.45) is 6.73. The summed E-state index contributed by atoms with van der Waals surface area (Å²) < 4.78 is 15.2. The van der Waals surface area contributed by atoms with E-state index in [9.17, 15) is 4.39 Å². The Hall–Kier alpha value is -2.50. The molecule has 5 heteroatoms. The van der Waals surface area contributed by atoms with Crippen LogP contribution in [0.4, 0.5) is 4.39 Å². The van der Waals surface area contributed by atoms with Crippen LogP contribution in [0.5, 0.6) is 0 Å². The molecule has 2 atom stereocenters. The summed E-state index contributed by atoms with van der Waals surface area (Å²) in [6, 6.07) is 17.8. The number of fused-ring (bicyclic) bond motifs is 4. The lowest BCUT2D eigenvalue weighted by Crippen LogP contribution is -2.43. The lowest BCUT2D eigenvalue weighted by atomic mass is 9.95. The van der Waals surface area contributed by atoms with E-state index in [0.29, 0.717) is 12.0 Å². The van der Waals surface area contributed by atoms with Crippen molar-refractivity contribution in [2.45, 2.75) is 32.0 Å². The number of aromatic nitrogens is 2. The Morgan fingerprint density at radius 3 is 2.52 bits per heavy atom. The Morgan fingerprint density at radius 1 is 0.862 bits per heavy atom. The van der Waals surface area contributed by atoms with Crippen LogP contribution in [0.25, 0.3) is 5.69 Å². The molecule has 29 heavy (non-hydrogen) atoms. The fourth-order valence-corrected chi connectivity index (χ4v) is 4.85. The van der Waals surface area contributed by atoms with Gasteiger partial charge in [0, 0.05) is 50.5 Å². The van der Waals surface area contributed by atoms with Crippen molar-refractivity contribution in [3.8, 4) is 5.69 Å². The monoisotopic (exact) mass is 390 g/mol. The first-order valence-electron chi connectivity index (χ1n) is 10.5. The second-order valence-corrected chi connectivity index (χ2v) is 8.48. The highest BCUT2D eigenvalue weighted by molar-refractivity contribution is 5.31. The molecule has 0 spiro atoms. The van der Waals surface area contributed by atoms with Crippen molar-refractivity contribution in [3.05, 3.63) is 83.9 Å². The number of hydrogen-bond donors (Lipinski definition) is 0. The van der Waals surface area contributed by atoms with E-state index in [1.807, 2.05) is 41.2 Å². The zero-order chi connectivity index (χ0) is 19.6. The molecule has 0 amide bonds. The topological polar surface area (TPSA) is 24.3 Å². The maximum absolute atomic E-state index is 13.2. The molecule has 3 aromatic rings. The number of benzene rings is 2. The minimum absolute atomic E-state index is 0.160. The standard InChI is InChI=1S/C24H27FN4/c25-22-9-6-19(7-10-22)13-27-14-20-8-11-24(18-27)28(15-20)16-21-12-26-29(17-21)23-4-2-1-3-5-23/h1-7,9-10,12,17,20,24H,8,11,13-16,18H2/t20-,24+/m1/s1. The third-order valence-corrected chi connectivity index (χ3v) is 6.26. The van der Waals surface area contributed by atoms with Gasteiger partial charge in [0.1, 0.15) is 5.82 Å². The zero-order valence-corrected chi connectivity index (χ0v) is 16.6. The number of para-hydroxylation sites is 1. The maximum atomic E-state index is 13.2. The normalized spacial score (nSPS) is 22.7. The van der Waals surface area contributed by atoms with E-state index in [4.69, 9.17) is 0 Å². The number of halogens is 1. The van der Waals surface area contributed by atoms with E-state index in [0.717, 1.165) is 38.4 Å². The molecule has 0 N–H and O–H groups in total. The fraction of sp³-hybridized carbons (Fsp3) is 0.375. The highest BCUT2D eigenvalue weighted by Gasteiger charge is 2.34. The summed E-state index contributed by atoms with van der Waals surface area (Å²) in [5.41, 5.74) is 3.57. The molecular weight excluding hydrogens is 363 g/mol. The molecule has 4 nitrogen and oxygen atoms in total. The Morgan fingerprint density at radius 2 is 1.69 bits per heavy atom. The molecule has 3 fully saturated rings. The maximum Gasteiger partial charge on any atom is 0.123 e. The Kier molecular flexibility index (Phi) is 5.17. The van der Waals surface area contributed by atoms with Crippen molar-refractivity contribution in [2.75, 3.05) is 19.6 Å². The molecule has 6 rings (SSSR count). The van der Waals surface area contributed by atoms with Gasteiger partial charge in [0.25, 0.3) is 0 Å². The Balaban J connectivity index is 1.26. The lowest BCUT2D eigenvalue weighted by molar-refractivity contribution is 0.123. The summed E-state index contributed by atoms with van der Waals surface area (Å²) in [5, 5.41) is 4.56. The third-order valence-electron chi connectivity index (χ3n) is 6.26. The quantitative estimate of drug-likeness (QED) is 0.655. The first-order valence-corrected chi connectivity index (χ1v) is 10.5. The molecular formula is C24H27FN4. The number of rotatable bonds is 5. The molecule has 0 aliphatic carbocycles. The van der Waals surface area contributed by atoms with Crippen LogP contribution in [0, 0.1) is 11.7 Å². The second kappa shape index (κ2) is 8.09. The van der Waals surface area contributed by atoms with Crippen molar-refractivity contribution in [1.29, 1.82) is 0 Å². The van der Waals surface area contributed by atoms with Gasteiger partial charge in [-0.25, -0.2) is 9.07 Å². The van der Waals surface area contributed by atoms with E-state index in [-0.39, 0.29) is 5.82 Å². The van der Waals surface area contributed by atoms with Gasteiger partial charge < -0.3 is 0 Å². The van der Waals surface area contributed by atoms with E-state index in [1.165, 1.54) is 24.0 Å². The highest BCUT2D eigenvalue weighted by atomic mass is 19.1. The highest BCUT2D eigenvalue weighted by Crippen LogP contribution is 2.30. The van der Waals surface area contributed by atoms with Crippen LogP contribution in [0.2, 0.25) is 0 Å². The fourth-order valence-electron chi connectivity index (χ4n) is 4.85.